The largest absolute Gasteiger partial charge is 0.388 e. The van der Waals surface area contributed by atoms with E-state index in [0.29, 0.717) is 0 Å². The van der Waals surface area contributed by atoms with E-state index in [9.17, 15) is 0 Å². The van der Waals surface area contributed by atoms with Gasteiger partial charge in [-0.1, -0.05) is 44.5 Å². The minimum Gasteiger partial charge on any atom is -0.388 e. The lowest BCUT2D eigenvalue weighted by Crippen LogP contribution is -2.14. The number of nitrogens with one attached hydrogen (secondary N) is 1. The average Bonchev–Trinajstić information content (AvgIpc) is 2.89. The number of allylic oxidation sites excluding steroid dienone is 3. The second-order valence-electron chi connectivity index (χ2n) is 5.76. The summed E-state index contributed by atoms with van der Waals surface area (Å²) in [4.78, 5) is 0. The van der Waals surface area contributed by atoms with Crippen molar-refractivity contribution >= 4 is 6.08 Å². The first-order valence-corrected chi connectivity index (χ1v) is 7.89. The van der Waals surface area contributed by atoms with E-state index in [1.807, 2.05) is 0 Å². The summed E-state index contributed by atoms with van der Waals surface area (Å²) in [5, 5.41) is 3.55. The number of hydrogen-bond donors (Lipinski definition) is 1. The number of fused-ring (bicyclic) bond motifs is 1. The predicted octanol–water partition coefficient (Wildman–Crippen LogP) is 4.87. The predicted molar refractivity (Wildman–Crippen MR) is 88.8 cm³/mol. The third kappa shape index (κ3) is 3.33. The quantitative estimate of drug-likeness (QED) is 0.726. The molecule has 1 aliphatic carbocycles. The maximum atomic E-state index is 3.55. The molecule has 0 heterocycles. The standard InChI is InChI=1S/C19H27N/c1-5-7-10-20-15(4)14(3)18-12-17-9-8-16(6-2)11-19(17)13-18/h8-9,11,13,20H,5-7,10,12H2,1-4H3/b15-14-. The average molecular weight is 269 g/mol. The summed E-state index contributed by atoms with van der Waals surface area (Å²) in [5.41, 5.74) is 8.52. The molecular formula is C19H27N. The minimum atomic E-state index is 1.08. The number of aryl methyl sites for hydroxylation is 1. The van der Waals surface area contributed by atoms with Crippen LogP contribution in [0.1, 0.15) is 57.2 Å². The van der Waals surface area contributed by atoms with Crippen LogP contribution < -0.4 is 5.32 Å². The molecule has 0 spiro atoms. The molecular weight excluding hydrogens is 242 g/mol. The Kier molecular flexibility index (Phi) is 5.05. The molecule has 1 aromatic rings. The van der Waals surface area contributed by atoms with Crippen LogP contribution in [0.4, 0.5) is 0 Å². The van der Waals surface area contributed by atoms with Gasteiger partial charge in [0.05, 0.1) is 0 Å². The summed E-state index contributed by atoms with van der Waals surface area (Å²) in [6, 6.07) is 6.90. The Balaban J connectivity index is 2.13. The molecule has 1 aromatic carbocycles. The lowest BCUT2D eigenvalue weighted by atomic mass is 10.0. The van der Waals surface area contributed by atoms with Crippen LogP contribution in [0.3, 0.4) is 0 Å². The van der Waals surface area contributed by atoms with Crippen LogP contribution in [0.15, 0.2) is 35.0 Å². The molecule has 2 rings (SSSR count). The number of benzene rings is 1. The van der Waals surface area contributed by atoms with Crippen LogP contribution in [0, 0.1) is 0 Å². The Morgan fingerprint density at radius 2 is 2.00 bits per heavy atom. The van der Waals surface area contributed by atoms with Gasteiger partial charge in [0, 0.05) is 12.2 Å². The van der Waals surface area contributed by atoms with E-state index in [1.54, 1.807) is 0 Å². The Labute approximate surface area is 123 Å². The maximum absolute atomic E-state index is 3.55. The minimum absolute atomic E-state index is 1.08. The molecule has 0 aromatic heterocycles. The molecule has 0 radical (unpaired) electrons. The topological polar surface area (TPSA) is 12.0 Å². The highest BCUT2D eigenvalue weighted by molar-refractivity contribution is 5.69. The maximum Gasteiger partial charge on any atom is 0.0143 e. The summed E-state index contributed by atoms with van der Waals surface area (Å²) >= 11 is 0. The van der Waals surface area contributed by atoms with Gasteiger partial charge in [0.2, 0.25) is 0 Å². The fourth-order valence-corrected chi connectivity index (χ4v) is 2.67. The zero-order valence-electron chi connectivity index (χ0n) is 13.3. The molecule has 108 valence electrons. The summed E-state index contributed by atoms with van der Waals surface area (Å²) < 4.78 is 0. The van der Waals surface area contributed by atoms with E-state index in [0.717, 1.165) is 19.4 Å². The third-order valence-corrected chi connectivity index (χ3v) is 4.29. The fraction of sp³-hybridized carbons (Fsp3) is 0.474. The van der Waals surface area contributed by atoms with E-state index in [-0.39, 0.29) is 0 Å². The van der Waals surface area contributed by atoms with Gasteiger partial charge >= 0.3 is 0 Å². The summed E-state index contributed by atoms with van der Waals surface area (Å²) in [6.07, 6.45) is 7.05. The third-order valence-electron chi connectivity index (χ3n) is 4.29. The van der Waals surface area contributed by atoms with Gasteiger partial charge in [0.25, 0.3) is 0 Å². The molecule has 0 atom stereocenters. The Morgan fingerprint density at radius 1 is 1.20 bits per heavy atom. The highest BCUT2D eigenvalue weighted by Gasteiger charge is 2.15. The summed E-state index contributed by atoms with van der Waals surface area (Å²) in [7, 11) is 0. The Morgan fingerprint density at radius 3 is 2.70 bits per heavy atom. The van der Waals surface area contributed by atoms with Crippen LogP contribution in [-0.4, -0.2) is 6.54 Å². The Bertz CT molecular complexity index is 535. The molecule has 1 N–H and O–H groups in total. The van der Waals surface area contributed by atoms with E-state index >= 15 is 0 Å². The first-order valence-electron chi connectivity index (χ1n) is 7.89. The lowest BCUT2D eigenvalue weighted by Gasteiger charge is -2.11. The monoisotopic (exact) mass is 269 g/mol. The molecule has 1 aliphatic rings. The van der Waals surface area contributed by atoms with Crippen molar-refractivity contribution in [1.29, 1.82) is 0 Å². The van der Waals surface area contributed by atoms with Crippen molar-refractivity contribution in [2.75, 3.05) is 6.54 Å². The van der Waals surface area contributed by atoms with Crippen LogP contribution >= 0.6 is 0 Å². The molecule has 0 amide bonds. The smallest absolute Gasteiger partial charge is 0.0143 e. The van der Waals surface area contributed by atoms with Crippen molar-refractivity contribution in [2.24, 2.45) is 0 Å². The molecule has 0 bridgehead atoms. The lowest BCUT2D eigenvalue weighted by molar-refractivity contribution is 0.705. The van der Waals surface area contributed by atoms with Gasteiger partial charge < -0.3 is 5.32 Å². The molecule has 0 saturated carbocycles. The Hall–Kier alpha value is -1.50. The van der Waals surface area contributed by atoms with Crippen LogP contribution in [0.2, 0.25) is 0 Å². The first-order chi connectivity index (χ1) is 9.65. The van der Waals surface area contributed by atoms with Crippen LogP contribution in [0.25, 0.3) is 6.08 Å². The van der Waals surface area contributed by atoms with Crippen molar-refractivity contribution in [2.45, 2.75) is 53.4 Å². The summed E-state index contributed by atoms with van der Waals surface area (Å²) in [5.74, 6) is 0. The van der Waals surface area contributed by atoms with Gasteiger partial charge in [-0.15, -0.1) is 0 Å². The molecule has 0 fully saturated rings. The van der Waals surface area contributed by atoms with E-state index in [2.05, 4.69) is 57.3 Å². The van der Waals surface area contributed by atoms with Gasteiger partial charge in [0.15, 0.2) is 0 Å². The molecule has 20 heavy (non-hydrogen) atoms. The van der Waals surface area contributed by atoms with Crippen molar-refractivity contribution in [3.63, 3.8) is 0 Å². The normalized spacial score (nSPS) is 14.7. The van der Waals surface area contributed by atoms with Gasteiger partial charge in [-0.05, 0) is 60.9 Å². The van der Waals surface area contributed by atoms with Gasteiger partial charge in [-0.2, -0.15) is 0 Å². The van der Waals surface area contributed by atoms with Crippen LogP contribution in [-0.2, 0) is 12.8 Å². The second-order valence-corrected chi connectivity index (χ2v) is 5.76. The van der Waals surface area contributed by atoms with Crippen molar-refractivity contribution in [1.82, 2.24) is 5.32 Å². The molecule has 1 heteroatoms. The number of hydrogen-bond acceptors (Lipinski definition) is 1. The molecule has 0 aliphatic heterocycles. The van der Waals surface area contributed by atoms with Gasteiger partial charge in [-0.25, -0.2) is 0 Å². The SMILES string of the molecule is CCCCN/C(C)=C(/C)C1=Cc2cc(CC)ccc2C1. The van der Waals surface area contributed by atoms with E-state index in [4.69, 9.17) is 0 Å². The van der Waals surface area contributed by atoms with Crippen molar-refractivity contribution < 1.29 is 0 Å². The van der Waals surface area contributed by atoms with Gasteiger partial charge in [0.1, 0.15) is 0 Å². The fourth-order valence-electron chi connectivity index (χ4n) is 2.67. The van der Waals surface area contributed by atoms with Crippen molar-refractivity contribution in [3.05, 3.63) is 51.7 Å². The molecule has 1 nitrogen and oxygen atoms in total. The van der Waals surface area contributed by atoms with E-state index < -0.39 is 0 Å². The van der Waals surface area contributed by atoms with E-state index in [1.165, 1.54) is 46.4 Å². The second kappa shape index (κ2) is 6.78. The molecule has 0 unspecified atom stereocenters. The number of rotatable bonds is 6. The van der Waals surface area contributed by atoms with Gasteiger partial charge in [-0.3, -0.25) is 0 Å². The zero-order chi connectivity index (χ0) is 14.5. The first kappa shape index (κ1) is 14.9. The number of unbranched alkanes of at least 4 members (excludes halogenated alkanes) is 1. The molecule has 0 saturated heterocycles. The summed E-state index contributed by atoms with van der Waals surface area (Å²) in [6.45, 7) is 9.97. The highest BCUT2D eigenvalue weighted by atomic mass is 14.9. The zero-order valence-corrected chi connectivity index (χ0v) is 13.3. The van der Waals surface area contributed by atoms with Crippen LogP contribution in [0.5, 0.6) is 0 Å². The van der Waals surface area contributed by atoms with Crippen molar-refractivity contribution in [3.8, 4) is 0 Å². The highest BCUT2D eigenvalue weighted by Crippen LogP contribution is 2.30.